The van der Waals surface area contributed by atoms with Gasteiger partial charge in [-0.05, 0) is 60.6 Å². The van der Waals surface area contributed by atoms with Gasteiger partial charge in [-0.2, -0.15) is 0 Å². The summed E-state index contributed by atoms with van der Waals surface area (Å²) in [5.74, 6) is 0.0717. The first-order chi connectivity index (χ1) is 14.6. The van der Waals surface area contributed by atoms with Crippen molar-refractivity contribution in [1.82, 2.24) is 10.2 Å². The fraction of sp³-hybridized carbons (Fsp3) is 0.440. The van der Waals surface area contributed by atoms with Gasteiger partial charge in [0.2, 0.25) is 11.8 Å². The number of benzene rings is 2. The van der Waals surface area contributed by atoms with Crippen molar-refractivity contribution in [3.05, 3.63) is 68.7 Å². The SMILES string of the molecule is CC[C@H](C(=O)NCC(C)C)N(Cc1ccc(Cl)cc1Cl)C(=O)Cc1ccc(C)c(C)c1. The highest BCUT2D eigenvalue weighted by atomic mass is 35.5. The Bertz CT molecular complexity index is 928. The minimum Gasteiger partial charge on any atom is -0.354 e. The van der Waals surface area contributed by atoms with E-state index in [1.54, 1.807) is 23.1 Å². The van der Waals surface area contributed by atoms with Crippen molar-refractivity contribution in [2.24, 2.45) is 5.92 Å². The highest BCUT2D eigenvalue weighted by Gasteiger charge is 2.29. The molecule has 168 valence electrons. The molecule has 1 N–H and O–H groups in total. The van der Waals surface area contributed by atoms with E-state index in [-0.39, 0.29) is 24.8 Å². The number of carbonyl (C=O) groups excluding carboxylic acids is 2. The molecule has 0 heterocycles. The van der Waals surface area contributed by atoms with Gasteiger partial charge in [0, 0.05) is 23.1 Å². The van der Waals surface area contributed by atoms with E-state index in [0.717, 1.165) is 16.7 Å². The Hall–Kier alpha value is -2.04. The molecule has 0 aromatic heterocycles. The molecule has 2 aromatic rings. The first kappa shape index (κ1) is 25.2. The van der Waals surface area contributed by atoms with Crippen molar-refractivity contribution in [2.75, 3.05) is 6.54 Å². The number of nitrogens with zero attached hydrogens (tertiary/aromatic N) is 1. The Balaban J connectivity index is 2.33. The maximum atomic E-state index is 13.4. The van der Waals surface area contributed by atoms with Crippen molar-refractivity contribution >= 4 is 35.0 Å². The van der Waals surface area contributed by atoms with Gasteiger partial charge in [0.05, 0.1) is 6.42 Å². The second-order valence-electron chi connectivity index (χ2n) is 8.42. The normalized spacial score (nSPS) is 12.0. The third-order valence-corrected chi connectivity index (χ3v) is 5.94. The largest absolute Gasteiger partial charge is 0.354 e. The molecule has 2 aromatic carbocycles. The minimum atomic E-state index is -0.579. The second kappa shape index (κ2) is 11.5. The van der Waals surface area contributed by atoms with Gasteiger partial charge >= 0.3 is 0 Å². The molecule has 6 heteroatoms. The quantitative estimate of drug-likeness (QED) is 0.516. The zero-order valence-electron chi connectivity index (χ0n) is 19.0. The lowest BCUT2D eigenvalue weighted by Crippen LogP contribution is -2.50. The number of hydrogen-bond acceptors (Lipinski definition) is 2. The number of aryl methyl sites for hydroxylation is 2. The van der Waals surface area contributed by atoms with E-state index < -0.39 is 6.04 Å². The number of carbonyl (C=O) groups is 2. The zero-order valence-corrected chi connectivity index (χ0v) is 20.5. The fourth-order valence-electron chi connectivity index (χ4n) is 3.37. The highest BCUT2D eigenvalue weighted by Crippen LogP contribution is 2.24. The van der Waals surface area contributed by atoms with Crippen LogP contribution in [0.25, 0.3) is 0 Å². The predicted molar refractivity (Wildman–Crippen MR) is 129 cm³/mol. The molecule has 0 radical (unpaired) electrons. The first-order valence-corrected chi connectivity index (χ1v) is 11.4. The van der Waals surface area contributed by atoms with E-state index in [1.807, 2.05) is 52.8 Å². The van der Waals surface area contributed by atoms with Crippen molar-refractivity contribution in [3.8, 4) is 0 Å². The van der Waals surface area contributed by atoms with Crippen LogP contribution in [0.1, 0.15) is 49.4 Å². The van der Waals surface area contributed by atoms with Crippen molar-refractivity contribution in [3.63, 3.8) is 0 Å². The molecule has 0 unspecified atom stereocenters. The van der Waals surface area contributed by atoms with Crippen LogP contribution in [0.2, 0.25) is 10.0 Å². The van der Waals surface area contributed by atoms with Crippen molar-refractivity contribution < 1.29 is 9.59 Å². The number of hydrogen-bond donors (Lipinski definition) is 1. The van der Waals surface area contributed by atoms with Gasteiger partial charge in [0.15, 0.2) is 0 Å². The number of amides is 2. The predicted octanol–water partition coefficient (Wildman–Crippen LogP) is 5.73. The van der Waals surface area contributed by atoms with Gasteiger partial charge in [0.1, 0.15) is 6.04 Å². The molecular weight excluding hydrogens is 431 g/mol. The van der Waals surface area contributed by atoms with Crippen LogP contribution in [0, 0.1) is 19.8 Å². The average molecular weight is 463 g/mol. The molecular formula is C25H32Cl2N2O2. The molecule has 31 heavy (non-hydrogen) atoms. The van der Waals surface area contributed by atoms with Crippen LogP contribution >= 0.6 is 23.2 Å². The standard InChI is InChI=1S/C25H32Cl2N2O2/c1-6-23(25(31)28-14-16(2)3)29(15-20-9-10-21(26)13-22(20)27)24(30)12-19-8-7-17(4)18(5)11-19/h7-11,13,16,23H,6,12,14-15H2,1-5H3,(H,28,31)/t23-/m1/s1. The van der Waals surface area contributed by atoms with Crippen LogP contribution < -0.4 is 5.32 Å². The Labute approximate surface area is 195 Å². The lowest BCUT2D eigenvalue weighted by atomic mass is 10.0. The summed E-state index contributed by atoms with van der Waals surface area (Å²) in [5.41, 5.74) is 4.01. The maximum absolute atomic E-state index is 13.4. The molecule has 0 aliphatic heterocycles. The van der Waals surface area contributed by atoms with Crippen LogP contribution in [0.4, 0.5) is 0 Å². The molecule has 1 atom stereocenters. The summed E-state index contributed by atoms with van der Waals surface area (Å²) < 4.78 is 0. The summed E-state index contributed by atoms with van der Waals surface area (Å²) >= 11 is 12.4. The molecule has 0 saturated heterocycles. The smallest absolute Gasteiger partial charge is 0.242 e. The third kappa shape index (κ3) is 7.26. The van der Waals surface area contributed by atoms with Gasteiger partial charge in [-0.25, -0.2) is 0 Å². The van der Waals surface area contributed by atoms with Gasteiger partial charge in [-0.3, -0.25) is 9.59 Å². The third-order valence-electron chi connectivity index (χ3n) is 5.35. The van der Waals surface area contributed by atoms with E-state index in [2.05, 4.69) is 5.32 Å². The molecule has 2 amide bonds. The average Bonchev–Trinajstić information content (AvgIpc) is 2.70. The van der Waals surface area contributed by atoms with Crippen LogP contribution in [0.5, 0.6) is 0 Å². The molecule has 0 spiro atoms. The summed E-state index contributed by atoms with van der Waals surface area (Å²) in [6.07, 6.45) is 0.730. The van der Waals surface area contributed by atoms with E-state index in [1.165, 1.54) is 5.56 Å². The van der Waals surface area contributed by atoms with Crippen LogP contribution in [-0.2, 0) is 22.6 Å². The second-order valence-corrected chi connectivity index (χ2v) is 9.26. The highest BCUT2D eigenvalue weighted by molar-refractivity contribution is 6.35. The Morgan fingerprint density at radius 3 is 2.32 bits per heavy atom. The van der Waals surface area contributed by atoms with E-state index >= 15 is 0 Å². The number of rotatable bonds is 9. The van der Waals surface area contributed by atoms with E-state index in [0.29, 0.717) is 28.9 Å². The molecule has 0 bridgehead atoms. The van der Waals surface area contributed by atoms with Crippen molar-refractivity contribution in [1.29, 1.82) is 0 Å². The summed E-state index contributed by atoms with van der Waals surface area (Å²) in [6.45, 7) is 10.9. The maximum Gasteiger partial charge on any atom is 0.242 e. The van der Waals surface area contributed by atoms with Gasteiger partial charge in [0.25, 0.3) is 0 Å². The van der Waals surface area contributed by atoms with E-state index in [4.69, 9.17) is 23.2 Å². The topological polar surface area (TPSA) is 49.4 Å². The summed E-state index contributed by atoms with van der Waals surface area (Å²) in [6, 6.07) is 10.6. The van der Waals surface area contributed by atoms with Gasteiger partial charge in [-0.1, -0.05) is 68.2 Å². The lowest BCUT2D eigenvalue weighted by molar-refractivity contribution is -0.141. The lowest BCUT2D eigenvalue weighted by Gasteiger charge is -2.31. The van der Waals surface area contributed by atoms with Crippen LogP contribution in [0.3, 0.4) is 0 Å². The minimum absolute atomic E-state index is 0.110. The van der Waals surface area contributed by atoms with E-state index in [9.17, 15) is 9.59 Å². The molecule has 4 nitrogen and oxygen atoms in total. The molecule has 0 saturated carbocycles. The first-order valence-electron chi connectivity index (χ1n) is 10.7. The van der Waals surface area contributed by atoms with Crippen LogP contribution in [0.15, 0.2) is 36.4 Å². The Morgan fingerprint density at radius 2 is 1.74 bits per heavy atom. The Kier molecular flexibility index (Phi) is 9.39. The molecule has 0 fully saturated rings. The molecule has 0 aliphatic rings. The fourth-order valence-corrected chi connectivity index (χ4v) is 3.83. The Morgan fingerprint density at radius 1 is 1.03 bits per heavy atom. The number of nitrogens with one attached hydrogen (secondary N) is 1. The summed E-state index contributed by atoms with van der Waals surface area (Å²) in [5, 5.41) is 3.98. The monoisotopic (exact) mass is 462 g/mol. The van der Waals surface area contributed by atoms with Crippen molar-refractivity contribution in [2.45, 2.75) is 60.0 Å². The zero-order chi connectivity index (χ0) is 23.1. The number of halogens is 2. The molecule has 2 rings (SSSR count). The molecule has 0 aliphatic carbocycles. The summed E-state index contributed by atoms with van der Waals surface area (Å²) in [7, 11) is 0. The van der Waals surface area contributed by atoms with Gasteiger partial charge in [-0.15, -0.1) is 0 Å². The summed E-state index contributed by atoms with van der Waals surface area (Å²) in [4.78, 5) is 28.0. The van der Waals surface area contributed by atoms with Crippen LogP contribution in [-0.4, -0.2) is 29.3 Å². The van der Waals surface area contributed by atoms with Gasteiger partial charge < -0.3 is 10.2 Å².